The molecule has 0 spiro atoms. The van der Waals surface area contributed by atoms with Gasteiger partial charge in [0.1, 0.15) is 16.4 Å². The van der Waals surface area contributed by atoms with E-state index in [1.54, 1.807) is 6.07 Å². The molecule has 0 unspecified atom stereocenters. The quantitative estimate of drug-likeness (QED) is 0.172. The van der Waals surface area contributed by atoms with Crippen molar-refractivity contribution in [1.29, 1.82) is 0 Å². The number of hydrogen-bond donors (Lipinski definition) is 2. The van der Waals surface area contributed by atoms with Crippen molar-refractivity contribution in [1.82, 2.24) is 5.43 Å². The fourth-order valence-corrected chi connectivity index (χ4v) is 4.14. The van der Waals surface area contributed by atoms with Crippen molar-refractivity contribution < 1.29 is 27.4 Å². The molecule has 1 amide bonds. The highest BCUT2D eigenvalue weighted by atomic mass is 32.2. The number of phenolic OH excluding ortho intramolecular Hbond substituents is 1. The van der Waals surface area contributed by atoms with Gasteiger partial charge in [-0.25, -0.2) is 5.43 Å². The van der Waals surface area contributed by atoms with Gasteiger partial charge in [-0.2, -0.15) is 13.5 Å². The number of amides is 1. The van der Waals surface area contributed by atoms with Crippen LogP contribution in [0.3, 0.4) is 0 Å². The highest BCUT2D eigenvalue weighted by molar-refractivity contribution is 7.87. The van der Waals surface area contributed by atoms with E-state index in [1.165, 1.54) is 54.7 Å². The molecular formula is C24H17N3O7S. The number of aromatic hydroxyl groups is 1. The number of fused-ring (bicyclic) bond motifs is 1. The second-order valence-electron chi connectivity index (χ2n) is 7.28. The van der Waals surface area contributed by atoms with Crippen LogP contribution in [-0.2, 0) is 10.1 Å². The highest BCUT2D eigenvalue weighted by Crippen LogP contribution is 2.25. The monoisotopic (exact) mass is 491 g/mol. The smallest absolute Gasteiger partial charge is 0.339 e. The summed E-state index contributed by atoms with van der Waals surface area (Å²) in [5.74, 6) is -0.797. The summed E-state index contributed by atoms with van der Waals surface area (Å²) in [5, 5.41) is 26.4. The molecule has 0 saturated carbocycles. The summed E-state index contributed by atoms with van der Waals surface area (Å²) in [6.45, 7) is 0. The molecule has 0 heterocycles. The minimum Gasteiger partial charge on any atom is -0.507 e. The molecule has 4 aromatic rings. The standard InChI is InChI=1S/C24H17N3O7S/c28-23-13-18-5-2-1-4-17(18)12-22(23)24(29)26-25-15-16-8-10-20(11-9-16)34-35(32,33)21-7-3-6-19(14-21)27(30)31/h1-15,28H,(H,26,29)/b25-15+. The van der Waals surface area contributed by atoms with Crippen molar-refractivity contribution in [2.45, 2.75) is 4.90 Å². The van der Waals surface area contributed by atoms with Crippen molar-refractivity contribution in [3.05, 3.63) is 106 Å². The number of nitro benzene ring substituents is 1. The highest BCUT2D eigenvalue weighted by Gasteiger charge is 2.20. The van der Waals surface area contributed by atoms with Crippen LogP contribution in [-0.4, -0.2) is 30.6 Å². The molecule has 0 aliphatic rings. The first kappa shape index (κ1) is 23.4. The third-order valence-corrected chi connectivity index (χ3v) is 6.13. The summed E-state index contributed by atoms with van der Waals surface area (Å²) in [6.07, 6.45) is 1.33. The minimum absolute atomic E-state index is 0.0150. The first-order valence-corrected chi connectivity index (χ1v) is 11.5. The van der Waals surface area contributed by atoms with Gasteiger partial charge in [-0.05, 0) is 58.8 Å². The van der Waals surface area contributed by atoms with E-state index < -0.39 is 20.9 Å². The zero-order valence-corrected chi connectivity index (χ0v) is 18.7. The molecule has 0 aliphatic heterocycles. The Hall–Kier alpha value is -4.77. The van der Waals surface area contributed by atoms with Crippen LogP contribution in [0.2, 0.25) is 0 Å². The fourth-order valence-electron chi connectivity index (χ4n) is 3.17. The Morgan fingerprint density at radius 1 is 0.971 bits per heavy atom. The van der Waals surface area contributed by atoms with Gasteiger partial charge in [0.25, 0.3) is 11.6 Å². The summed E-state index contributed by atoms with van der Waals surface area (Å²) in [4.78, 5) is 22.2. The number of nitrogens with zero attached hydrogens (tertiary/aromatic N) is 2. The lowest BCUT2D eigenvalue weighted by molar-refractivity contribution is -0.385. The Morgan fingerprint density at radius 3 is 2.34 bits per heavy atom. The number of carbonyl (C=O) groups excluding carboxylic acids is 1. The maximum atomic E-state index is 12.4. The predicted molar refractivity (Wildman–Crippen MR) is 128 cm³/mol. The lowest BCUT2D eigenvalue weighted by Gasteiger charge is -2.07. The first-order valence-electron chi connectivity index (χ1n) is 10.1. The lowest BCUT2D eigenvalue weighted by Crippen LogP contribution is -2.17. The molecule has 0 atom stereocenters. The molecule has 0 radical (unpaired) electrons. The van der Waals surface area contributed by atoms with Crippen molar-refractivity contribution in [3.8, 4) is 11.5 Å². The van der Waals surface area contributed by atoms with E-state index in [2.05, 4.69) is 10.5 Å². The van der Waals surface area contributed by atoms with Gasteiger partial charge in [0.15, 0.2) is 0 Å². The molecule has 35 heavy (non-hydrogen) atoms. The third kappa shape index (κ3) is 5.42. The van der Waals surface area contributed by atoms with Gasteiger partial charge in [0.2, 0.25) is 0 Å². The zero-order chi connectivity index (χ0) is 25.0. The Kier molecular flexibility index (Phi) is 6.42. The topological polar surface area (TPSA) is 148 Å². The number of non-ortho nitro benzene ring substituents is 1. The van der Waals surface area contributed by atoms with Crippen LogP contribution in [0.4, 0.5) is 5.69 Å². The van der Waals surface area contributed by atoms with Crippen molar-refractivity contribution in [3.63, 3.8) is 0 Å². The molecular weight excluding hydrogens is 474 g/mol. The molecule has 4 aromatic carbocycles. The van der Waals surface area contributed by atoms with E-state index in [1.807, 2.05) is 24.3 Å². The molecule has 0 aliphatic carbocycles. The summed E-state index contributed by atoms with van der Waals surface area (Å²) < 4.78 is 29.9. The van der Waals surface area contributed by atoms with Gasteiger partial charge in [-0.1, -0.05) is 30.3 Å². The van der Waals surface area contributed by atoms with Crippen LogP contribution in [0.1, 0.15) is 15.9 Å². The van der Waals surface area contributed by atoms with Gasteiger partial charge in [-0.15, -0.1) is 0 Å². The minimum atomic E-state index is -4.28. The first-order chi connectivity index (χ1) is 16.7. The second kappa shape index (κ2) is 9.61. The molecule has 4 rings (SSSR count). The molecule has 0 fully saturated rings. The number of hydrogen-bond acceptors (Lipinski definition) is 8. The summed E-state index contributed by atoms with van der Waals surface area (Å²) in [7, 11) is -4.28. The van der Waals surface area contributed by atoms with Gasteiger partial charge in [-0.3, -0.25) is 14.9 Å². The number of hydrazone groups is 1. The zero-order valence-electron chi connectivity index (χ0n) is 17.9. The molecule has 11 heteroatoms. The SMILES string of the molecule is O=C(N/N=C/c1ccc(OS(=O)(=O)c2cccc([N+](=O)[O-])c2)cc1)c1cc2ccccc2cc1O. The van der Waals surface area contributed by atoms with E-state index in [-0.39, 0.29) is 27.6 Å². The molecule has 0 saturated heterocycles. The Morgan fingerprint density at radius 2 is 1.66 bits per heavy atom. The fraction of sp³-hybridized carbons (Fsp3) is 0. The van der Waals surface area contributed by atoms with Crippen molar-refractivity contribution in [2.24, 2.45) is 5.10 Å². The number of carbonyl (C=O) groups is 1. The summed E-state index contributed by atoms with van der Waals surface area (Å²) in [5.41, 5.74) is 2.54. The van der Waals surface area contributed by atoms with Crippen LogP contribution < -0.4 is 9.61 Å². The van der Waals surface area contributed by atoms with Gasteiger partial charge in [0.05, 0.1) is 16.7 Å². The van der Waals surface area contributed by atoms with E-state index >= 15 is 0 Å². The van der Waals surface area contributed by atoms with E-state index in [0.29, 0.717) is 5.56 Å². The number of rotatable bonds is 7. The van der Waals surface area contributed by atoms with Crippen molar-refractivity contribution >= 4 is 38.7 Å². The van der Waals surface area contributed by atoms with Crippen LogP contribution in [0.5, 0.6) is 11.5 Å². The Bertz CT molecular complexity index is 1570. The predicted octanol–water partition coefficient (Wildman–Crippen LogP) is 3.99. The molecule has 10 nitrogen and oxygen atoms in total. The van der Waals surface area contributed by atoms with E-state index in [0.717, 1.165) is 16.8 Å². The lowest BCUT2D eigenvalue weighted by atomic mass is 10.1. The summed E-state index contributed by atoms with van der Waals surface area (Å²) >= 11 is 0. The van der Waals surface area contributed by atoms with Gasteiger partial charge in [0, 0.05) is 12.1 Å². The average molecular weight is 491 g/mol. The largest absolute Gasteiger partial charge is 0.507 e. The maximum absolute atomic E-state index is 12.4. The summed E-state index contributed by atoms with van der Waals surface area (Å²) in [6, 6.07) is 20.6. The second-order valence-corrected chi connectivity index (χ2v) is 8.82. The Balaban J connectivity index is 1.42. The van der Waals surface area contributed by atoms with Gasteiger partial charge >= 0.3 is 10.1 Å². The van der Waals surface area contributed by atoms with Crippen molar-refractivity contribution in [2.75, 3.05) is 0 Å². The third-order valence-electron chi connectivity index (χ3n) is 4.89. The normalized spacial score (nSPS) is 11.4. The maximum Gasteiger partial charge on any atom is 0.339 e. The van der Waals surface area contributed by atoms with Crippen LogP contribution in [0.15, 0.2) is 94.9 Å². The van der Waals surface area contributed by atoms with Crippen LogP contribution in [0, 0.1) is 10.1 Å². The molecule has 0 bridgehead atoms. The molecule has 2 N–H and O–H groups in total. The van der Waals surface area contributed by atoms with E-state index in [9.17, 15) is 28.4 Å². The van der Waals surface area contributed by atoms with E-state index in [4.69, 9.17) is 4.18 Å². The number of nitro groups is 1. The van der Waals surface area contributed by atoms with Crippen LogP contribution in [0.25, 0.3) is 10.8 Å². The average Bonchev–Trinajstić information content (AvgIpc) is 2.84. The van der Waals surface area contributed by atoms with Crippen LogP contribution >= 0.6 is 0 Å². The number of nitrogens with one attached hydrogen (secondary N) is 1. The Labute approximate surface area is 199 Å². The molecule has 0 aromatic heterocycles. The number of benzene rings is 4. The molecule has 176 valence electrons. The number of phenols is 1. The van der Waals surface area contributed by atoms with Gasteiger partial charge < -0.3 is 9.29 Å².